The quantitative estimate of drug-likeness (QED) is 0.755. The van der Waals surface area contributed by atoms with Gasteiger partial charge in [0.15, 0.2) is 0 Å². The average molecular weight is 268 g/mol. The number of rotatable bonds is 7. The van der Waals surface area contributed by atoms with Crippen molar-refractivity contribution in [2.75, 3.05) is 38.3 Å². The Balaban J connectivity index is 1.79. The summed E-state index contributed by atoms with van der Waals surface area (Å²) in [5, 5.41) is 11.4. The van der Waals surface area contributed by atoms with Crippen molar-refractivity contribution in [2.24, 2.45) is 5.92 Å². The largest absolute Gasteiger partial charge is 0.407 e. The minimum Gasteiger partial charge on any atom is -0.407 e. The lowest BCUT2D eigenvalue weighted by Gasteiger charge is -2.25. The van der Waals surface area contributed by atoms with Crippen LogP contribution in [-0.2, 0) is 11.3 Å². The minimum atomic E-state index is 0.562. The maximum Gasteiger partial charge on any atom is 0.317 e. The first kappa shape index (κ1) is 14.3. The summed E-state index contributed by atoms with van der Waals surface area (Å²) in [4.78, 5) is 2.02. The Morgan fingerprint density at radius 3 is 3.05 bits per heavy atom. The highest BCUT2D eigenvalue weighted by Crippen LogP contribution is 2.18. The molecule has 1 aliphatic heterocycles. The fourth-order valence-electron chi connectivity index (χ4n) is 2.26. The number of aromatic nitrogens is 2. The van der Waals surface area contributed by atoms with E-state index in [4.69, 9.17) is 9.15 Å². The molecular weight excluding hydrogens is 244 g/mol. The van der Waals surface area contributed by atoms with Crippen molar-refractivity contribution in [3.8, 4) is 0 Å². The monoisotopic (exact) mass is 268 g/mol. The lowest BCUT2D eigenvalue weighted by Crippen LogP contribution is -2.31. The summed E-state index contributed by atoms with van der Waals surface area (Å²) < 4.78 is 11.1. The Kier molecular flexibility index (Phi) is 5.60. The summed E-state index contributed by atoms with van der Waals surface area (Å²) in [5.41, 5.74) is 0. The van der Waals surface area contributed by atoms with Crippen LogP contribution in [0.3, 0.4) is 0 Å². The summed E-state index contributed by atoms with van der Waals surface area (Å²) in [6.45, 7) is 6.38. The van der Waals surface area contributed by atoms with Crippen LogP contribution in [-0.4, -0.2) is 43.5 Å². The van der Waals surface area contributed by atoms with Crippen molar-refractivity contribution in [3.63, 3.8) is 0 Å². The van der Waals surface area contributed by atoms with Crippen LogP contribution >= 0.6 is 0 Å². The average Bonchev–Trinajstić information content (AvgIpc) is 2.89. The standard InChI is InChI=1S/C13H24N4O2/c1-3-6-14-8-12-15-16-13(19-12)17(2)9-11-5-4-7-18-10-11/h11,14H,3-10H2,1-2H3. The third-order valence-corrected chi connectivity index (χ3v) is 3.27. The molecule has 1 atom stereocenters. The molecule has 1 aliphatic rings. The Morgan fingerprint density at radius 1 is 1.42 bits per heavy atom. The van der Waals surface area contributed by atoms with Gasteiger partial charge in [0.2, 0.25) is 5.89 Å². The first-order valence-corrected chi connectivity index (χ1v) is 7.11. The van der Waals surface area contributed by atoms with Gasteiger partial charge in [-0.15, -0.1) is 5.10 Å². The lowest BCUT2D eigenvalue weighted by atomic mass is 10.0. The van der Waals surface area contributed by atoms with Gasteiger partial charge in [-0.2, -0.15) is 0 Å². The smallest absolute Gasteiger partial charge is 0.317 e. The van der Waals surface area contributed by atoms with Crippen LogP contribution in [0.4, 0.5) is 6.01 Å². The Hall–Kier alpha value is -1.14. The number of nitrogens with one attached hydrogen (secondary N) is 1. The summed E-state index contributed by atoms with van der Waals surface area (Å²) >= 11 is 0. The molecule has 0 bridgehead atoms. The van der Waals surface area contributed by atoms with Crippen LogP contribution in [0.15, 0.2) is 4.42 Å². The maximum absolute atomic E-state index is 5.63. The summed E-state index contributed by atoms with van der Waals surface area (Å²) in [5.74, 6) is 1.21. The van der Waals surface area contributed by atoms with Crippen LogP contribution in [0.2, 0.25) is 0 Å². The second-order valence-corrected chi connectivity index (χ2v) is 5.12. The predicted molar refractivity (Wildman–Crippen MR) is 73.1 cm³/mol. The number of anilines is 1. The van der Waals surface area contributed by atoms with E-state index in [0.29, 0.717) is 24.4 Å². The molecule has 1 unspecified atom stereocenters. The molecule has 0 spiro atoms. The zero-order chi connectivity index (χ0) is 13.5. The number of nitrogens with zero attached hydrogens (tertiary/aromatic N) is 3. The molecule has 108 valence electrons. The van der Waals surface area contributed by atoms with Crippen molar-refractivity contribution < 1.29 is 9.15 Å². The van der Waals surface area contributed by atoms with E-state index < -0.39 is 0 Å². The zero-order valence-corrected chi connectivity index (χ0v) is 11.9. The molecular formula is C13H24N4O2. The molecule has 2 rings (SSSR count). The zero-order valence-electron chi connectivity index (χ0n) is 11.9. The van der Waals surface area contributed by atoms with E-state index in [-0.39, 0.29) is 0 Å². The highest BCUT2D eigenvalue weighted by Gasteiger charge is 2.18. The van der Waals surface area contributed by atoms with E-state index in [1.807, 2.05) is 11.9 Å². The van der Waals surface area contributed by atoms with Crippen LogP contribution < -0.4 is 10.2 Å². The van der Waals surface area contributed by atoms with E-state index in [1.54, 1.807) is 0 Å². The lowest BCUT2D eigenvalue weighted by molar-refractivity contribution is 0.0573. The van der Waals surface area contributed by atoms with Crippen LogP contribution in [0, 0.1) is 5.92 Å². The van der Waals surface area contributed by atoms with E-state index in [0.717, 1.165) is 39.1 Å². The van der Waals surface area contributed by atoms with E-state index in [1.165, 1.54) is 6.42 Å². The van der Waals surface area contributed by atoms with Gasteiger partial charge < -0.3 is 19.4 Å². The fourth-order valence-corrected chi connectivity index (χ4v) is 2.26. The number of hydrogen-bond acceptors (Lipinski definition) is 6. The summed E-state index contributed by atoms with van der Waals surface area (Å²) in [6.07, 6.45) is 3.46. The van der Waals surface area contributed by atoms with Gasteiger partial charge in [0.25, 0.3) is 0 Å². The summed E-state index contributed by atoms with van der Waals surface area (Å²) in [7, 11) is 1.99. The molecule has 0 saturated carbocycles. The van der Waals surface area contributed by atoms with E-state index >= 15 is 0 Å². The van der Waals surface area contributed by atoms with Gasteiger partial charge in [-0.05, 0) is 25.8 Å². The Morgan fingerprint density at radius 2 is 2.32 bits per heavy atom. The third-order valence-electron chi connectivity index (χ3n) is 3.27. The molecule has 1 N–H and O–H groups in total. The Labute approximate surface area is 114 Å². The van der Waals surface area contributed by atoms with Crippen LogP contribution in [0.5, 0.6) is 0 Å². The first-order chi connectivity index (χ1) is 9.29. The molecule has 1 saturated heterocycles. The third kappa shape index (κ3) is 4.47. The maximum atomic E-state index is 5.63. The van der Waals surface area contributed by atoms with Crippen molar-refractivity contribution in [1.29, 1.82) is 0 Å². The van der Waals surface area contributed by atoms with Gasteiger partial charge in [0, 0.05) is 26.1 Å². The summed E-state index contributed by atoms with van der Waals surface area (Å²) in [6, 6.07) is 0.596. The van der Waals surface area contributed by atoms with Gasteiger partial charge >= 0.3 is 6.01 Å². The van der Waals surface area contributed by atoms with E-state index in [2.05, 4.69) is 22.4 Å². The molecule has 6 heteroatoms. The Bertz CT molecular complexity index is 363. The van der Waals surface area contributed by atoms with Crippen LogP contribution in [0.25, 0.3) is 0 Å². The van der Waals surface area contributed by atoms with Gasteiger partial charge in [-0.3, -0.25) is 0 Å². The van der Waals surface area contributed by atoms with Crippen molar-refractivity contribution in [3.05, 3.63) is 5.89 Å². The highest BCUT2D eigenvalue weighted by molar-refractivity contribution is 5.22. The second kappa shape index (κ2) is 7.45. The SMILES string of the molecule is CCCNCc1nnc(N(C)CC2CCCOC2)o1. The van der Waals surface area contributed by atoms with Crippen molar-refractivity contribution in [1.82, 2.24) is 15.5 Å². The van der Waals surface area contributed by atoms with Crippen molar-refractivity contribution >= 4 is 6.01 Å². The fraction of sp³-hybridized carbons (Fsp3) is 0.846. The molecule has 0 aliphatic carbocycles. The predicted octanol–water partition coefficient (Wildman–Crippen LogP) is 1.43. The molecule has 1 aromatic heterocycles. The molecule has 6 nitrogen and oxygen atoms in total. The molecule has 19 heavy (non-hydrogen) atoms. The highest BCUT2D eigenvalue weighted by atomic mass is 16.5. The van der Waals surface area contributed by atoms with Gasteiger partial charge in [-0.1, -0.05) is 12.0 Å². The minimum absolute atomic E-state index is 0.562. The molecule has 2 heterocycles. The molecule has 1 fully saturated rings. The topological polar surface area (TPSA) is 63.4 Å². The number of ether oxygens (including phenoxy) is 1. The van der Waals surface area contributed by atoms with Gasteiger partial charge in [0.1, 0.15) is 0 Å². The molecule has 0 amide bonds. The number of hydrogen-bond donors (Lipinski definition) is 1. The molecule has 1 aromatic rings. The van der Waals surface area contributed by atoms with Gasteiger partial charge in [-0.25, -0.2) is 0 Å². The van der Waals surface area contributed by atoms with Crippen molar-refractivity contribution in [2.45, 2.75) is 32.7 Å². The molecule has 0 radical (unpaired) electrons. The normalized spacial score (nSPS) is 19.6. The second-order valence-electron chi connectivity index (χ2n) is 5.12. The molecule has 0 aromatic carbocycles. The van der Waals surface area contributed by atoms with Crippen LogP contribution in [0.1, 0.15) is 32.1 Å². The van der Waals surface area contributed by atoms with Gasteiger partial charge in [0.05, 0.1) is 13.2 Å². The first-order valence-electron chi connectivity index (χ1n) is 7.11. The van der Waals surface area contributed by atoms with E-state index in [9.17, 15) is 0 Å².